The predicted octanol–water partition coefficient (Wildman–Crippen LogP) is 2.52. The summed E-state index contributed by atoms with van der Waals surface area (Å²) in [5.74, 6) is 4.44. The van der Waals surface area contributed by atoms with Gasteiger partial charge in [0.25, 0.3) is 0 Å². The minimum Gasteiger partial charge on any atom is -0.491 e. The number of carbonyl (C=O) groups is 1. The second-order valence-corrected chi connectivity index (χ2v) is 7.38. The van der Waals surface area contributed by atoms with Crippen molar-refractivity contribution in [2.75, 3.05) is 26.5 Å². The van der Waals surface area contributed by atoms with Crippen LogP contribution in [-0.2, 0) is 4.79 Å². The molecule has 1 heterocycles. The first-order valence-electron chi connectivity index (χ1n) is 7.82. The third-order valence-electron chi connectivity index (χ3n) is 3.51. The van der Waals surface area contributed by atoms with Gasteiger partial charge in [0.15, 0.2) is 17.3 Å². The summed E-state index contributed by atoms with van der Waals surface area (Å²) >= 11 is 0. The second kappa shape index (κ2) is 9.25. The van der Waals surface area contributed by atoms with E-state index >= 15 is 0 Å². The molecule has 1 aromatic rings. The molecule has 1 unspecified atom stereocenters. The average molecular weight is 364 g/mol. The van der Waals surface area contributed by atoms with E-state index in [-0.39, 0.29) is 11.4 Å². The second-order valence-electron chi connectivity index (χ2n) is 5.39. The lowest BCUT2D eigenvalue weighted by Gasteiger charge is -2.12. The number of aliphatic imine (C=N–C) groups is 1. The maximum absolute atomic E-state index is 14.0. The number of thiol groups is 1. The van der Waals surface area contributed by atoms with Gasteiger partial charge in [-0.3, -0.25) is 0 Å². The Kier molecular flexibility index (Phi) is 7.04. The fraction of sp³-hybridized carbons (Fsp3) is 0.333. The van der Waals surface area contributed by atoms with Crippen LogP contribution < -0.4 is 10.1 Å². The van der Waals surface area contributed by atoms with Crippen LogP contribution in [0.25, 0.3) is 0 Å². The largest absolute Gasteiger partial charge is 0.491 e. The third-order valence-corrected chi connectivity index (χ3v) is 5.26. The highest BCUT2D eigenvalue weighted by Gasteiger charge is 2.20. The number of rotatable bonds is 7. The molecule has 0 radical (unpaired) electrons. The van der Waals surface area contributed by atoms with Gasteiger partial charge >= 0.3 is 5.97 Å². The molecule has 1 aliphatic heterocycles. The van der Waals surface area contributed by atoms with Gasteiger partial charge < -0.3 is 15.2 Å². The first-order chi connectivity index (χ1) is 12.0. The van der Waals surface area contributed by atoms with Crippen LogP contribution in [0.2, 0.25) is 0 Å². The van der Waals surface area contributed by atoms with Crippen molar-refractivity contribution in [3.8, 4) is 17.6 Å². The van der Waals surface area contributed by atoms with Crippen molar-refractivity contribution in [1.29, 1.82) is 0 Å². The van der Waals surface area contributed by atoms with Gasteiger partial charge in [0.05, 0.1) is 13.2 Å². The number of hydrogen-bond acceptors (Lipinski definition) is 4. The summed E-state index contributed by atoms with van der Waals surface area (Å²) in [7, 11) is 1.16. The molecule has 1 aliphatic rings. The maximum atomic E-state index is 14.0. The van der Waals surface area contributed by atoms with Crippen molar-refractivity contribution in [3.05, 3.63) is 40.2 Å². The van der Waals surface area contributed by atoms with Gasteiger partial charge in [0.2, 0.25) is 0 Å². The van der Waals surface area contributed by atoms with Gasteiger partial charge in [0.1, 0.15) is 0 Å². The van der Waals surface area contributed by atoms with E-state index < -0.39 is 22.7 Å². The van der Waals surface area contributed by atoms with Gasteiger partial charge in [-0.2, -0.15) is 10.9 Å². The molecule has 0 saturated carbocycles. The third kappa shape index (κ3) is 5.34. The highest BCUT2D eigenvalue weighted by Crippen LogP contribution is 2.39. The topological polar surface area (TPSA) is 70.9 Å². The zero-order chi connectivity index (χ0) is 18.2. The molecule has 2 rings (SSSR count). The zero-order valence-corrected chi connectivity index (χ0v) is 15.1. The van der Waals surface area contributed by atoms with Crippen LogP contribution in [-0.4, -0.2) is 43.1 Å². The Morgan fingerprint density at radius 3 is 2.96 bits per heavy atom. The number of hydrogen-bond donors (Lipinski definition) is 3. The Labute approximate surface area is 149 Å². The average Bonchev–Trinajstić information content (AvgIpc) is 2.94. The summed E-state index contributed by atoms with van der Waals surface area (Å²) in [6, 6.07) is 4.62. The smallest absolute Gasteiger partial charge is 0.355 e. The number of carboxylic acids is 1. The number of aliphatic carboxylic acids is 1. The number of nitrogens with zero attached hydrogens (tertiary/aromatic N) is 1. The molecule has 0 bridgehead atoms. The van der Waals surface area contributed by atoms with E-state index in [9.17, 15) is 9.18 Å². The van der Waals surface area contributed by atoms with Crippen LogP contribution in [0.4, 0.5) is 4.39 Å². The SMILES string of the molecule is CNCC#Cc1ccc(OCCCC2=C(C(=O)O)N=C[SH]2C)c(F)c1. The normalized spacial score (nSPS) is 17.3. The maximum Gasteiger partial charge on any atom is 0.355 e. The Morgan fingerprint density at radius 2 is 2.28 bits per heavy atom. The zero-order valence-electron chi connectivity index (χ0n) is 14.2. The quantitative estimate of drug-likeness (QED) is 0.395. The van der Waals surface area contributed by atoms with Crippen molar-refractivity contribution in [1.82, 2.24) is 5.32 Å². The molecule has 0 saturated heterocycles. The number of carboxylic acid groups (broad SMARTS) is 1. The van der Waals surface area contributed by atoms with Crippen LogP contribution in [0.1, 0.15) is 18.4 Å². The minimum absolute atomic E-state index is 0.143. The van der Waals surface area contributed by atoms with E-state index in [4.69, 9.17) is 9.84 Å². The van der Waals surface area contributed by atoms with Crippen LogP contribution in [0, 0.1) is 17.7 Å². The number of ether oxygens (including phenoxy) is 1. The van der Waals surface area contributed by atoms with Crippen LogP contribution in [0.3, 0.4) is 0 Å². The minimum atomic E-state index is -1.000. The summed E-state index contributed by atoms with van der Waals surface area (Å²) in [6.45, 7) is 0.846. The Bertz CT molecular complexity index is 765. The summed E-state index contributed by atoms with van der Waals surface area (Å²) < 4.78 is 19.5. The highest BCUT2D eigenvalue weighted by atomic mass is 32.2. The van der Waals surface area contributed by atoms with Crippen LogP contribution in [0.5, 0.6) is 5.75 Å². The lowest BCUT2D eigenvalue weighted by atomic mass is 10.2. The van der Waals surface area contributed by atoms with Crippen molar-refractivity contribution in [2.24, 2.45) is 4.99 Å². The number of halogens is 1. The molecule has 0 aromatic heterocycles. The van der Waals surface area contributed by atoms with Crippen molar-refractivity contribution < 1.29 is 19.0 Å². The molecule has 5 nitrogen and oxygen atoms in total. The van der Waals surface area contributed by atoms with Gasteiger partial charge in [-0.15, -0.1) is 0 Å². The van der Waals surface area contributed by atoms with E-state index in [1.165, 1.54) is 6.07 Å². The molecular formula is C18H21FN2O3S. The predicted molar refractivity (Wildman–Crippen MR) is 100.0 cm³/mol. The molecule has 25 heavy (non-hydrogen) atoms. The van der Waals surface area contributed by atoms with Crippen molar-refractivity contribution in [3.63, 3.8) is 0 Å². The van der Waals surface area contributed by atoms with E-state index in [2.05, 4.69) is 22.2 Å². The van der Waals surface area contributed by atoms with Crippen LogP contribution in [0.15, 0.2) is 33.8 Å². The standard InChI is InChI=1S/C18H21FN2O3S/c1-20-9-3-5-13-7-8-15(14(19)11-13)24-10-4-6-16-17(18(22)23)21-12-25(16)2/h7-8,11-12,20,25H,4,6,9-10H2,1-2H3,(H,22,23). The summed E-state index contributed by atoms with van der Waals surface area (Å²) in [5.41, 5.74) is 2.43. The monoisotopic (exact) mass is 364 g/mol. The lowest BCUT2D eigenvalue weighted by molar-refractivity contribution is -0.132. The molecule has 7 heteroatoms. The van der Waals surface area contributed by atoms with E-state index in [1.807, 2.05) is 6.26 Å². The van der Waals surface area contributed by atoms with Crippen molar-refractivity contribution in [2.45, 2.75) is 12.8 Å². The first-order valence-corrected chi connectivity index (χ1v) is 9.68. The summed E-state index contributed by atoms with van der Waals surface area (Å²) in [6.07, 6.45) is 3.16. The molecule has 1 atom stereocenters. The fourth-order valence-electron chi connectivity index (χ4n) is 2.28. The molecule has 0 aliphatic carbocycles. The Balaban J connectivity index is 1.87. The first kappa shape index (κ1) is 19.0. The molecule has 134 valence electrons. The molecule has 0 fully saturated rings. The Morgan fingerprint density at radius 1 is 1.48 bits per heavy atom. The van der Waals surface area contributed by atoms with Gasteiger partial charge in [-0.05, 0) is 44.3 Å². The lowest BCUT2D eigenvalue weighted by Crippen LogP contribution is -2.04. The number of allylic oxidation sites excluding steroid dienone is 1. The fourth-order valence-corrected chi connectivity index (χ4v) is 3.71. The molecular weight excluding hydrogens is 343 g/mol. The summed E-state index contributed by atoms with van der Waals surface area (Å²) in [5, 5.41) is 12.0. The van der Waals surface area contributed by atoms with Crippen molar-refractivity contribution >= 4 is 22.4 Å². The summed E-state index contributed by atoms with van der Waals surface area (Å²) in [4.78, 5) is 15.9. The molecule has 2 N–H and O–H groups in total. The highest BCUT2D eigenvalue weighted by molar-refractivity contribution is 8.31. The number of benzene rings is 1. The number of nitrogens with one attached hydrogen (secondary N) is 1. The van der Waals surface area contributed by atoms with E-state index in [0.29, 0.717) is 31.6 Å². The van der Waals surface area contributed by atoms with Gasteiger partial charge in [-0.25, -0.2) is 14.2 Å². The van der Waals surface area contributed by atoms with E-state index in [1.54, 1.807) is 24.7 Å². The van der Waals surface area contributed by atoms with E-state index in [0.717, 1.165) is 4.91 Å². The van der Waals surface area contributed by atoms with Gasteiger partial charge in [-0.1, -0.05) is 11.8 Å². The molecule has 0 amide bonds. The molecule has 0 spiro atoms. The van der Waals surface area contributed by atoms with Crippen LogP contribution >= 0.6 is 10.9 Å². The van der Waals surface area contributed by atoms with Gasteiger partial charge in [0, 0.05) is 16.0 Å². The molecule has 1 aromatic carbocycles. The Hall–Kier alpha value is -2.30.